The molecule has 0 aliphatic heterocycles. The van der Waals surface area contributed by atoms with E-state index < -0.39 is 0 Å². The zero-order valence-electron chi connectivity index (χ0n) is 8.21. The molecule has 0 aliphatic carbocycles. The number of rotatable bonds is 4. The van der Waals surface area contributed by atoms with Gasteiger partial charge in [-0.05, 0) is 29.9 Å². The van der Waals surface area contributed by atoms with Crippen molar-refractivity contribution in [1.82, 2.24) is 0 Å². The lowest BCUT2D eigenvalue weighted by molar-refractivity contribution is 0.352. The molecule has 0 radical (unpaired) electrons. The summed E-state index contributed by atoms with van der Waals surface area (Å²) in [6.07, 6.45) is 0.863. The second-order valence-electron chi connectivity index (χ2n) is 2.77. The number of hydrogen-bond acceptors (Lipinski definition) is 3. The molecule has 1 aromatic rings. The largest absolute Gasteiger partial charge is 0.493 e. The van der Waals surface area contributed by atoms with Crippen LogP contribution in [-0.2, 0) is 6.42 Å². The van der Waals surface area contributed by atoms with Gasteiger partial charge in [0, 0.05) is 4.47 Å². The predicted octanol–water partition coefficient (Wildman–Crippen LogP) is 2.94. The van der Waals surface area contributed by atoms with E-state index in [1.807, 2.05) is 12.1 Å². The lowest BCUT2D eigenvalue weighted by Gasteiger charge is -2.12. The SMILES string of the molecule is COc1cc(Br)cc(CCS)c1OC. The second-order valence-corrected chi connectivity index (χ2v) is 4.14. The van der Waals surface area contributed by atoms with Crippen molar-refractivity contribution in [2.45, 2.75) is 6.42 Å². The van der Waals surface area contributed by atoms with Crippen LogP contribution in [0, 0.1) is 0 Å². The fourth-order valence-electron chi connectivity index (χ4n) is 1.31. The van der Waals surface area contributed by atoms with Crippen LogP contribution < -0.4 is 9.47 Å². The molecule has 0 saturated carbocycles. The third-order valence-corrected chi connectivity index (χ3v) is 2.58. The van der Waals surface area contributed by atoms with Gasteiger partial charge in [-0.1, -0.05) is 15.9 Å². The molecule has 2 nitrogen and oxygen atoms in total. The van der Waals surface area contributed by atoms with Gasteiger partial charge in [-0.2, -0.15) is 12.6 Å². The molecule has 0 fully saturated rings. The van der Waals surface area contributed by atoms with Gasteiger partial charge in [0.05, 0.1) is 14.2 Å². The molecule has 1 aromatic carbocycles. The quantitative estimate of drug-likeness (QED) is 0.853. The Morgan fingerprint density at radius 3 is 2.50 bits per heavy atom. The fraction of sp³-hybridized carbons (Fsp3) is 0.400. The Bertz CT molecular complexity index is 315. The molecule has 0 aliphatic rings. The van der Waals surface area contributed by atoms with Gasteiger partial charge in [-0.3, -0.25) is 0 Å². The standard InChI is InChI=1S/C10H13BrO2S/c1-12-9-6-8(11)5-7(3-4-14)10(9)13-2/h5-6,14H,3-4H2,1-2H3. The van der Waals surface area contributed by atoms with Gasteiger partial charge in [0.1, 0.15) is 0 Å². The van der Waals surface area contributed by atoms with Crippen LogP contribution in [0.25, 0.3) is 0 Å². The molecule has 0 spiro atoms. The Labute approximate surface area is 98.1 Å². The van der Waals surface area contributed by atoms with Gasteiger partial charge in [0.2, 0.25) is 0 Å². The maximum atomic E-state index is 5.30. The molecule has 0 N–H and O–H groups in total. The molecule has 0 heterocycles. The third kappa shape index (κ3) is 2.58. The van der Waals surface area contributed by atoms with Crippen LogP contribution in [0.1, 0.15) is 5.56 Å². The highest BCUT2D eigenvalue weighted by Crippen LogP contribution is 2.34. The number of methoxy groups -OCH3 is 2. The van der Waals surface area contributed by atoms with Gasteiger partial charge in [-0.25, -0.2) is 0 Å². The van der Waals surface area contributed by atoms with E-state index in [9.17, 15) is 0 Å². The van der Waals surface area contributed by atoms with Crippen molar-refractivity contribution in [1.29, 1.82) is 0 Å². The number of ether oxygens (including phenoxy) is 2. The highest BCUT2D eigenvalue weighted by atomic mass is 79.9. The topological polar surface area (TPSA) is 18.5 Å². The molecule has 0 unspecified atom stereocenters. The molecular weight excluding hydrogens is 264 g/mol. The first-order chi connectivity index (χ1) is 6.72. The van der Waals surface area contributed by atoms with Crippen LogP contribution in [0.3, 0.4) is 0 Å². The maximum Gasteiger partial charge on any atom is 0.164 e. The molecule has 0 saturated heterocycles. The van der Waals surface area contributed by atoms with Gasteiger partial charge in [-0.15, -0.1) is 0 Å². The van der Waals surface area contributed by atoms with Crippen molar-refractivity contribution in [3.8, 4) is 11.5 Å². The van der Waals surface area contributed by atoms with Crippen molar-refractivity contribution < 1.29 is 9.47 Å². The average Bonchev–Trinajstić information content (AvgIpc) is 2.17. The minimum absolute atomic E-state index is 0.749. The van der Waals surface area contributed by atoms with Crippen LogP contribution in [0.15, 0.2) is 16.6 Å². The summed E-state index contributed by atoms with van der Waals surface area (Å²) >= 11 is 7.63. The number of aryl methyl sites for hydroxylation is 1. The van der Waals surface area contributed by atoms with E-state index in [2.05, 4.69) is 28.6 Å². The molecule has 4 heteroatoms. The van der Waals surface area contributed by atoms with Gasteiger partial charge in [0.25, 0.3) is 0 Å². The van der Waals surface area contributed by atoms with E-state index in [-0.39, 0.29) is 0 Å². The first-order valence-electron chi connectivity index (χ1n) is 4.24. The summed E-state index contributed by atoms with van der Waals surface area (Å²) < 4.78 is 11.5. The van der Waals surface area contributed by atoms with Crippen molar-refractivity contribution in [3.63, 3.8) is 0 Å². The number of hydrogen-bond donors (Lipinski definition) is 1. The molecule has 78 valence electrons. The Morgan fingerprint density at radius 2 is 2.00 bits per heavy atom. The number of benzene rings is 1. The van der Waals surface area contributed by atoms with Crippen molar-refractivity contribution >= 4 is 28.6 Å². The van der Waals surface area contributed by atoms with Crippen LogP contribution in [0.2, 0.25) is 0 Å². The predicted molar refractivity (Wildman–Crippen MR) is 64.8 cm³/mol. The first-order valence-corrected chi connectivity index (χ1v) is 5.66. The summed E-state index contributed by atoms with van der Waals surface area (Å²) in [5, 5.41) is 0. The zero-order valence-corrected chi connectivity index (χ0v) is 10.7. The summed E-state index contributed by atoms with van der Waals surface area (Å²) in [5.74, 6) is 2.33. The summed E-state index contributed by atoms with van der Waals surface area (Å²) in [7, 11) is 3.28. The van der Waals surface area contributed by atoms with Crippen LogP contribution >= 0.6 is 28.6 Å². The molecular formula is C10H13BrO2S. The normalized spacial score (nSPS) is 10.0. The van der Waals surface area contributed by atoms with Gasteiger partial charge >= 0.3 is 0 Å². The average molecular weight is 277 g/mol. The van der Waals surface area contributed by atoms with E-state index in [1.165, 1.54) is 0 Å². The third-order valence-electron chi connectivity index (χ3n) is 1.90. The van der Waals surface area contributed by atoms with E-state index in [0.717, 1.165) is 33.7 Å². The van der Waals surface area contributed by atoms with Crippen LogP contribution in [0.4, 0.5) is 0 Å². The molecule has 0 amide bonds. The summed E-state index contributed by atoms with van der Waals surface area (Å²) in [4.78, 5) is 0. The monoisotopic (exact) mass is 276 g/mol. The van der Waals surface area contributed by atoms with Crippen LogP contribution in [-0.4, -0.2) is 20.0 Å². The molecule has 0 atom stereocenters. The van der Waals surface area contributed by atoms with E-state index in [4.69, 9.17) is 9.47 Å². The minimum atomic E-state index is 0.749. The highest BCUT2D eigenvalue weighted by molar-refractivity contribution is 9.10. The maximum absolute atomic E-state index is 5.30. The molecule has 1 rings (SSSR count). The van der Waals surface area contributed by atoms with Gasteiger partial charge < -0.3 is 9.47 Å². The van der Waals surface area contributed by atoms with E-state index in [1.54, 1.807) is 14.2 Å². The highest BCUT2D eigenvalue weighted by Gasteiger charge is 2.10. The molecule has 0 bridgehead atoms. The first kappa shape index (κ1) is 11.7. The van der Waals surface area contributed by atoms with Crippen molar-refractivity contribution in [3.05, 3.63) is 22.2 Å². The van der Waals surface area contributed by atoms with Gasteiger partial charge in [0.15, 0.2) is 11.5 Å². The Morgan fingerprint density at radius 1 is 1.29 bits per heavy atom. The summed E-state index contributed by atoms with van der Waals surface area (Å²) in [6, 6.07) is 3.92. The molecule has 14 heavy (non-hydrogen) atoms. The second kappa shape index (κ2) is 5.51. The van der Waals surface area contributed by atoms with E-state index in [0.29, 0.717) is 0 Å². The lowest BCUT2D eigenvalue weighted by Crippen LogP contribution is -1.97. The Hall–Kier alpha value is -0.350. The van der Waals surface area contributed by atoms with Crippen molar-refractivity contribution in [2.24, 2.45) is 0 Å². The fourth-order valence-corrected chi connectivity index (χ4v) is 2.04. The lowest BCUT2D eigenvalue weighted by atomic mass is 10.1. The molecule has 0 aromatic heterocycles. The van der Waals surface area contributed by atoms with Crippen molar-refractivity contribution in [2.75, 3.05) is 20.0 Å². The zero-order chi connectivity index (χ0) is 10.6. The van der Waals surface area contributed by atoms with E-state index >= 15 is 0 Å². The Kier molecular flexibility index (Phi) is 4.62. The Balaban J connectivity index is 3.17. The number of halogens is 1. The van der Waals surface area contributed by atoms with Crippen LogP contribution in [0.5, 0.6) is 11.5 Å². The minimum Gasteiger partial charge on any atom is -0.493 e. The summed E-state index contributed by atoms with van der Waals surface area (Å²) in [5.41, 5.74) is 1.11. The smallest absolute Gasteiger partial charge is 0.164 e. The number of thiol groups is 1. The summed E-state index contributed by atoms with van der Waals surface area (Å²) in [6.45, 7) is 0.